The van der Waals surface area contributed by atoms with Crippen LogP contribution in [0.15, 0.2) is 55.0 Å². The third-order valence-corrected chi connectivity index (χ3v) is 5.20. The number of nitrogens with two attached hydrogens (primary N) is 1. The summed E-state index contributed by atoms with van der Waals surface area (Å²) in [6, 6.07) is 10.4. The largest absolute Gasteiger partial charge is 0.382 e. The van der Waals surface area contributed by atoms with Crippen LogP contribution in [0.25, 0.3) is 11.3 Å². The molecular weight excluding hydrogens is 422 g/mol. The molecule has 10 nitrogen and oxygen atoms in total. The number of anilines is 2. The third kappa shape index (κ3) is 5.88. The molecule has 1 aliphatic heterocycles. The Morgan fingerprint density at radius 2 is 1.85 bits per heavy atom. The Balaban J connectivity index is 1.39. The van der Waals surface area contributed by atoms with Crippen molar-refractivity contribution in [2.45, 2.75) is 0 Å². The number of benzene rings is 1. The lowest BCUT2D eigenvalue weighted by Crippen LogP contribution is -2.41. The summed E-state index contributed by atoms with van der Waals surface area (Å²) in [7, 11) is 0. The van der Waals surface area contributed by atoms with E-state index in [9.17, 15) is 9.59 Å². The van der Waals surface area contributed by atoms with Crippen LogP contribution in [0.1, 0.15) is 20.8 Å². The van der Waals surface area contributed by atoms with E-state index >= 15 is 0 Å². The second-order valence-electron chi connectivity index (χ2n) is 7.47. The number of rotatable bonds is 7. The van der Waals surface area contributed by atoms with Gasteiger partial charge in [0, 0.05) is 43.5 Å². The molecule has 1 aromatic carbocycles. The van der Waals surface area contributed by atoms with Crippen molar-refractivity contribution < 1.29 is 14.3 Å². The Hall–Kier alpha value is -3.89. The molecule has 1 aliphatic rings. The minimum Gasteiger partial charge on any atom is -0.382 e. The number of carbonyl (C=O) groups is 2. The maximum Gasteiger partial charge on any atom is 0.278 e. The average Bonchev–Trinajstić information content (AvgIpc) is 2.85. The second-order valence-corrected chi connectivity index (χ2v) is 7.47. The first-order chi connectivity index (χ1) is 16.1. The summed E-state index contributed by atoms with van der Waals surface area (Å²) in [6.07, 6.45) is 4.63. The highest BCUT2D eigenvalue weighted by Gasteiger charge is 2.16. The molecule has 1 fully saturated rings. The molecule has 0 aliphatic carbocycles. The van der Waals surface area contributed by atoms with E-state index in [1.807, 2.05) is 0 Å². The van der Waals surface area contributed by atoms with Gasteiger partial charge >= 0.3 is 0 Å². The predicted molar refractivity (Wildman–Crippen MR) is 124 cm³/mol. The van der Waals surface area contributed by atoms with Crippen LogP contribution >= 0.6 is 0 Å². The number of ether oxygens (including phenoxy) is 1. The van der Waals surface area contributed by atoms with Gasteiger partial charge in [0.25, 0.3) is 11.8 Å². The van der Waals surface area contributed by atoms with Crippen LogP contribution in [0.3, 0.4) is 0 Å². The zero-order valence-electron chi connectivity index (χ0n) is 18.0. The standard InChI is InChI=1S/C23H25N7O3/c24-21-20(23(32)28-18-2-1-7-25-14-18)29-19(15-27-21)16-3-5-17(6-4-16)22(31)26-8-9-30-10-12-33-13-11-30/h1-7,14-15H,8-13H2,(H2,24,27)(H,26,31)(H,28,32). The highest BCUT2D eigenvalue weighted by molar-refractivity contribution is 6.05. The van der Waals surface area contributed by atoms with Gasteiger partial charge in [-0.1, -0.05) is 12.1 Å². The van der Waals surface area contributed by atoms with Crippen LogP contribution in [0.2, 0.25) is 0 Å². The smallest absolute Gasteiger partial charge is 0.278 e. The van der Waals surface area contributed by atoms with Crippen molar-refractivity contribution in [2.75, 3.05) is 50.4 Å². The number of nitrogens with one attached hydrogen (secondary N) is 2. The van der Waals surface area contributed by atoms with Gasteiger partial charge in [0.1, 0.15) is 0 Å². The van der Waals surface area contributed by atoms with Crippen molar-refractivity contribution in [2.24, 2.45) is 0 Å². The number of hydrogen-bond acceptors (Lipinski definition) is 8. The lowest BCUT2D eigenvalue weighted by molar-refractivity contribution is 0.0383. The van der Waals surface area contributed by atoms with Gasteiger partial charge in [0.15, 0.2) is 11.5 Å². The average molecular weight is 447 g/mol. The van der Waals surface area contributed by atoms with Crippen LogP contribution in [0, 0.1) is 0 Å². The number of carbonyl (C=O) groups excluding carboxylic acids is 2. The minimum absolute atomic E-state index is 0.0151. The normalized spacial score (nSPS) is 13.9. The van der Waals surface area contributed by atoms with Crippen molar-refractivity contribution in [3.05, 3.63) is 66.2 Å². The molecule has 3 aromatic rings. The van der Waals surface area contributed by atoms with Gasteiger partial charge in [-0.2, -0.15) is 0 Å². The summed E-state index contributed by atoms with van der Waals surface area (Å²) in [6.45, 7) is 4.59. The molecule has 10 heteroatoms. The van der Waals surface area contributed by atoms with E-state index in [2.05, 4.69) is 30.5 Å². The second kappa shape index (κ2) is 10.6. The lowest BCUT2D eigenvalue weighted by Gasteiger charge is -2.26. The van der Waals surface area contributed by atoms with Crippen LogP contribution in [0.4, 0.5) is 11.5 Å². The van der Waals surface area contributed by atoms with Gasteiger partial charge in [-0.15, -0.1) is 0 Å². The molecule has 170 valence electrons. The summed E-state index contributed by atoms with van der Waals surface area (Å²) in [5.74, 6) is -0.600. The Morgan fingerprint density at radius 1 is 1.06 bits per heavy atom. The van der Waals surface area contributed by atoms with Crippen LogP contribution in [0.5, 0.6) is 0 Å². The highest BCUT2D eigenvalue weighted by atomic mass is 16.5. The number of pyridine rings is 1. The minimum atomic E-state index is -0.480. The van der Waals surface area contributed by atoms with Crippen LogP contribution in [-0.4, -0.2) is 71.1 Å². The zero-order chi connectivity index (χ0) is 23.0. The molecule has 0 saturated carbocycles. The summed E-state index contributed by atoms with van der Waals surface area (Å²) >= 11 is 0. The van der Waals surface area contributed by atoms with Gasteiger partial charge in [0.05, 0.1) is 37.0 Å². The molecule has 0 spiro atoms. The molecule has 4 rings (SSSR count). The van der Waals surface area contributed by atoms with E-state index in [-0.39, 0.29) is 17.4 Å². The number of morpholine rings is 1. The quantitative estimate of drug-likeness (QED) is 0.495. The topological polar surface area (TPSA) is 135 Å². The summed E-state index contributed by atoms with van der Waals surface area (Å²) in [5.41, 5.74) is 8.14. The van der Waals surface area contributed by atoms with Gasteiger partial charge < -0.3 is 21.1 Å². The van der Waals surface area contributed by atoms with Crippen molar-refractivity contribution in [1.82, 2.24) is 25.2 Å². The fourth-order valence-corrected chi connectivity index (χ4v) is 3.38. The van der Waals surface area contributed by atoms with E-state index in [4.69, 9.17) is 10.5 Å². The fraction of sp³-hybridized carbons (Fsp3) is 0.261. The number of aromatic nitrogens is 3. The highest BCUT2D eigenvalue weighted by Crippen LogP contribution is 2.20. The number of nitrogens with zero attached hydrogens (tertiary/aromatic N) is 4. The molecule has 4 N–H and O–H groups in total. The van der Waals surface area contributed by atoms with E-state index in [1.54, 1.807) is 42.6 Å². The summed E-state index contributed by atoms with van der Waals surface area (Å²) < 4.78 is 5.33. The van der Waals surface area contributed by atoms with Gasteiger partial charge in [-0.25, -0.2) is 9.97 Å². The summed E-state index contributed by atoms with van der Waals surface area (Å²) in [4.78, 5) is 39.7. The number of hydrogen-bond donors (Lipinski definition) is 3. The van der Waals surface area contributed by atoms with Crippen LogP contribution < -0.4 is 16.4 Å². The molecular formula is C23H25N7O3. The van der Waals surface area contributed by atoms with E-state index < -0.39 is 5.91 Å². The fourth-order valence-electron chi connectivity index (χ4n) is 3.38. The Bertz CT molecular complexity index is 1100. The number of amides is 2. The molecule has 0 unspecified atom stereocenters. The van der Waals surface area contributed by atoms with E-state index in [0.29, 0.717) is 29.1 Å². The van der Waals surface area contributed by atoms with Crippen molar-refractivity contribution >= 4 is 23.3 Å². The Labute approximate surface area is 191 Å². The predicted octanol–water partition coefficient (Wildman–Crippen LogP) is 1.44. The third-order valence-electron chi connectivity index (χ3n) is 5.20. The SMILES string of the molecule is Nc1ncc(-c2ccc(C(=O)NCCN3CCOCC3)cc2)nc1C(=O)Nc1cccnc1. The molecule has 0 bridgehead atoms. The first-order valence-corrected chi connectivity index (χ1v) is 10.6. The monoisotopic (exact) mass is 447 g/mol. The maximum atomic E-state index is 12.6. The maximum absolute atomic E-state index is 12.6. The molecule has 2 aromatic heterocycles. The van der Waals surface area contributed by atoms with E-state index in [0.717, 1.165) is 32.8 Å². The van der Waals surface area contributed by atoms with Crippen molar-refractivity contribution in [1.29, 1.82) is 0 Å². The van der Waals surface area contributed by atoms with Crippen molar-refractivity contribution in [3.63, 3.8) is 0 Å². The Kier molecular flexibility index (Phi) is 7.18. The van der Waals surface area contributed by atoms with Crippen LogP contribution in [-0.2, 0) is 4.74 Å². The zero-order valence-corrected chi connectivity index (χ0v) is 18.0. The van der Waals surface area contributed by atoms with Gasteiger partial charge in [-0.05, 0) is 24.3 Å². The molecule has 3 heterocycles. The first-order valence-electron chi connectivity index (χ1n) is 10.6. The molecule has 2 amide bonds. The van der Waals surface area contributed by atoms with Crippen molar-refractivity contribution in [3.8, 4) is 11.3 Å². The van der Waals surface area contributed by atoms with Gasteiger partial charge in [-0.3, -0.25) is 19.5 Å². The summed E-state index contributed by atoms with van der Waals surface area (Å²) in [5, 5.41) is 5.63. The Morgan fingerprint density at radius 3 is 2.58 bits per heavy atom. The lowest BCUT2D eigenvalue weighted by atomic mass is 10.1. The molecule has 0 atom stereocenters. The van der Waals surface area contributed by atoms with E-state index in [1.165, 1.54) is 12.4 Å². The van der Waals surface area contributed by atoms with Gasteiger partial charge in [0.2, 0.25) is 0 Å². The first kappa shape index (κ1) is 22.3. The molecule has 0 radical (unpaired) electrons. The molecule has 33 heavy (non-hydrogen) atoms. The molecule has 1 saturated heterocycles. The number of nitrogen functional groups attached to an aromatic ring is 1.